The molecule has 0 atom stereocenters. The van der Waals surface area contributed by atoms with Crippen molar-refractivity contribution in [3.05, 3.63) is 41.1 Å². The first-order chi connectivity index (χ1) is 8.50. The molecule has 0 N–H and O–H groups in total. The van der Waals surface area contributed by atoms with Gasteiger partial charge in [-0.25, -0.2) is 0 Å². The zero-order valence-corrected chi connectivity index (χ0v) is 10.6. The fourth-order valence-corrected chi connectivity index (χ4v) is 1.94. The summed E-state index contributed by atoms with van der Waals surface area (Å²) in [6.07, 6.45) is 1.22. The number of hydrogen-bond acceptors (Lipinski definition) is 4. The van der Waals surface area contributed by atoms with Crippen molar-refractivity contribution in [2.24, 2.45) is 7.05 Å². The van der Waals surface area contributed by atoms with Crippen LogP contribution in [0.4, 0.5) is 0 Å². The van der Waals surface area contributed by atoms with Crippen LogP contribution in [0.25, 0.3) is 0 Å². The van der Waals surface area contributed by atoms with Crippen LogP contribution in [0.1, 0.15) is 38.7 Å². The van der Waals surface area contributed by atoms with Crippen LogP contribution >= 0.6 is 0 Å². The van der Waals surface area contributed by atoms with Crippen molar-refractivity contribution in [3.8, 4) is 0 Å². The molecule has 0 spiro atoms. The number of aromatic nitrogens is 2. The fourth-order valence-electron chi connectivity index (χ4n) is 1.94. The predicted molar refractivity (Wildman–Crippen MR) is 64.7 cm³/mol. The largest absolute Gasteiger partial charge is 0.461 e. The van der Waals surface area contributed by atoms with Gasteiger partial charge >= 0.3 is 0 Å². The number of aryl methyl sites for hydroxylation is 2. The number of rotatable bonds is 4. The molecule has 0 unspecified atom stereocenters. The smallest absolute Gasteiger partial charge is 0.205 e. The van der Waals surface area contributed by atoms with E-state index in [-0.39, 0.29) is 23.7 Å². The van der Waals surface area contributed by atoms with Gasteiger partial charge in [-0.1, -0.05) is 0 Å². The van der Waals surface area contributed by atoms with Gasteiger partial charge in [0.15, 0.2) is 11.5 Å². The Bertz CT molecular complexity index is 594. The number of carbonyl (C=O) groups is 2. The molecule has 2 heterocycles. The summed E-state index contributed by atoms with van der Waals surface area (Å²) in [7, 11) is 1.77. The van der Waals surface area contributed by atoms with Crippen molar-refractivity contribution in [2.45, 2.75) is 20.3 Å². The normalized spacial score (nSPS) is 10.6. The Morgan fingerprint density at radius 3 is 2.56 bits per heavy atom. The molecule has 0 saturated heterocycles. The quantitative estimate of drug-likeness (QED) is 0.612. The summed E-state index contributed by atoms with van der Waals surface area (Å²) in [5.41, 5.74) is 1.94. The van der Waals surface area contributed by atoms with Crippen molar-refractivity contribution in [2.75, 3.05) is 0 Å². The molecular formula is C13H14N2O3. The second kappa shape index (κ2) is 4.60. The van der Waals surface area contributed by atoms with Gasteiger partial charge in [-0.05, 0) is 26.0 Å². The molecule has 18 heavy (non-hydrogen) atoms. The summed E-state index contributed by atoms with van der Waals surface area (Å²) in [6, 6.07) is 3.18. The maximum absolute atomic E-state index is 12.1. The van der Waals surface area contributed by atoms with E-state index in [0.29, 0.717) is 11.3 Å². The van der Waals surface area contributed by atoms with Crippen LogP contribution in [0, 0.1) is 13.8 Å². The van der Waals surface area contributed by atoms with Crippen LogP contribution in [0.3, 0.4) is 0 Å². The molecule has 0 fully saturated rings. The van der Waals surface area contributed by atoms with Crippen molar-refractivity contribution in [1.29, 1.82) is 0 Å². The molecule has 2 rings (SSSR count). The van der Waals surface area contributed by atoms with Gasteiger partial charge in [-0.3, -0.25) is 14.3 Å². The number of furan rings is 1. The average molecular weight is 246 g/mol. The summed E-state index contributed by atoms with van der Waals surface area (Å²) in [4.78, 5) is 23.9. The van der Waals surface area contributed by atoms with Gasteiger partial charge < -0.3 is 4.42 Å². The molecule has 0 amide bonds. The first-order valence-corrected chi connectivity index (χ1v) is 5.60. The van der Waals surface area contributed by atoms with E-state index in [1.165, 1.54) is 6.26 Å². The summed E-state index contributed by atoms with van der Waals surface area (Å²) >= 11 is 0. The van der Waals surface area contributed by atoms with Crippen LogP contribution < -0.4 is 0 Å². The molecule has 5 nitrogen and oxygen atoms in total. The van der Waals surface area contributed by atoms with Crippen molar-refractivity contribution in [1.82, 2.24) is 9.78 Å². The molecule has 0 aliphatic heterocycles. The summed E-state index contributed by atoms with van der Waals surface area (Å²) in [5, 5.41) is 4.16. The van der Waals surface area contributed by atoms with Crippen LogP contribution in [-0.2, 0) is 7.05 Å². The Morgan fingerprint density at radius 2 is 2.06 bits per heavy atom. The second-order valence-corrected chi connectivity index (χ2v) is 4.17. The molecule has 0 saturated carbocycles. The maximum Gasteiger partial charge on any atom is 0.205 e. The first kappa shape index (κ1) is 12.3. The van der Waals surface area contributed by atoms with Crippen molar-refractivity contribution >= 4 is 11.6 Å². The lowest BCUT2D eigenvalue weighted by molar-refractivity contribution is 0.0877. The zero-order chi connectivity index (χ0) is 13.3. The Morgan fingerprint density at radius 1 is 1.33 bits per heavy atom. The Labute approximate surface area is 104 Å². The molecule has 0 aromatic carbocycles. The number of ketones is 2. The summed E-state index contributed by atoms with van der Waals surface area (Å²) < 4.78 is 6.61. The van der Waals surface area contributed by atoms with Gasteiger partial charge in [0, 0.05) is 12.7 Å². The topological polar surface area (TPSA) is 65.1 Å². The second-order valence-electron chi connectivity index (χ2n) is 4.17. The molecule has 0 bridgehead atoms. The minimum absolute atomic E-state index is 0.194. The van der Waals surface area contributed by atoms with Crippen molar-refractivity contribution < 1.29 is 14.0 Å². The molecule has 0 radical (unpaired) electrons. The van der Waals surface area contributed by atoms with Crippen LogP contribution in [0.15, 0.2) is 22.8 Å². The van der Waals surface area contributed by atoms with Gasteiger partial charge in [-0.15, -0.1) is 0 Å². The monoisotopic (exact) mass is 246 g/mol. The highest BCUT2D eigenvalue weighted by Gasteiger charge is 2.21. The van der Waals surface area contributed by atoms with E-state index in [0.717, 1.165) is 5.69 Å². The lowest BCUT2D eigenvalue weighted by Crippen LogP contribution is -2.10. The van der Waals surface area contributed by atoms with E-state index in [9.17, 15) is 9.59 Å². The van der Waals surface area contributed by atoms with Gasteiger partial charge in [0.05, 0.1) is 23.9 Å². The molecule has 0 aliphatic rings. The van der Waals surface area contributed by atoms with E-state index in [2.05, 4.69) is 5.10 Å². The maximum atomic E-state index is 12.1. The van der Waals surface area contributed by atoms with Gasteiger partial charge in [0.25, 0.3) is 0 Å². The standard InChI is InChI=1S/C13H14N2O3/c1-8-13(9(2)15(3)14-8)11(17)7-10(16)12-5-4-6-18-12/h4-6H,7H2,1-3H3. The minimum Gasteiger partial charge on any atom is -0.461 e. The molecule has 5 heteroatoms. The zero-order valence-electron chi connectivity index (χ0n) is 10.6. The summed E-state index contributed by atoms with van der Waals surface area (Å²) in [5.74, 6) is -0.324. The molecule has 2 aromatic rings. The Balaban J connectivity index is 2.20. The van der Waals surface area contributed by atoms with E-state index in [1.54, 1.807) is 30.8 Å². The lowest BCUT2D eigenvalue weighted by Gasteiger charge is -2.00. The predicted octanol–water partition coefficient (Wildman–Crippen LogP) is 2.09. The third-order valence-corrected chi connectivity index (χ3v) is 2.90. The highest BCUT2D eigenvalue weighted by atomic mass is 16.3. The van der Waals surface area contributed by atoms with E-state index >= 15 is 0 Å². The highest BCUT2D eigenvalue weighted by Crippen LogP contribution is 2.16. The van der Waals surface area contributed by atoms with Crippen LogP contribution in [0.2, 0.25) is 0 Å². The van der Waals surface area contributed by atoms with Gasteiger partial charge in [0.1, 0.15) is 0 Å². The van der Waals surface area contributed by atoms with E-state index in [4.69, 9.17) is 4.42 Å². The number of Topliss-reactive ketones (excluding diaryl/α,β-unsaturated/α-hetero) is 2. The number of carbonyl (C=O) groups excluding carboxylic acids is 2. The molecule has 2 aromatic heterocycles. The lowest BCUT2D eigenvalue weighted by atomic mass is 10.0. The minimum atomic E-state index is -0.312. The fraction of sp³-hybridized carbons (Fsp3) is 0.308. The first-order valence-electron chi connectivity index (χ1n) is 5.60. The van der Waals surface area contributed by atoms with E-state index in [1.807, 2.05) is 6.92 Å². The Kier molecular flexibility index (Phi) is 3.14. The highest BCUT2D eigenvalue weighted by molar-refractivity contribution is 6.13. The molecule has 94 valence electrons. The Hall–Kier alpha value is -2.17. The van der Waals surface area contributed by atoms with Gasteiger partial charge in [-0.2, -0.15) is 5.10 Å². The van der Waals surface area contributed by atoms with E-state index < -0.39 is 0 Å². The average Bonchev–Trinajstić information content (AvgIpc) is 2.88. The molecular weight excluding hydrogens is 232 g/mol. The summed E-state index contributed by atoms with van der Waals surface area (Å²) in [6.45, 7) is 3.57. The number of hydrogen-bond donors (Lipinski definition) is 0. The molecule has 0 aliphatic carbocycles. The number of nitrogens with zero attached hydrogens (tertiary/aromatic N) is 2. The third-order valence-electron chi connectivity index (χ3n) is 2.90. The SMILES string of the molecule is Cc1nn(C)c(C)c1C(=O)CC(=O)c1ccco1. The van der Waals surface area contributed by atoms with Gasteiger partial charge in [0.2, 0.25) is 5.78 Å². The van der Waals surface area contributed by atoms with Crippen LogP contribution in [0.5, 0.6) is 0 Å². The van der Waals surface area contributed by atoms with Crippen LogP contribution in [-0.4, -0.2) is 21.3 Å². The van der Waals surface area contributed by atoms with Crippen molar-refractivity contribution in [3.63, 3.8) is 0 Å². The third kappa shape index (κ3) is 2.11.